The van der Waals surface area contributed by atoms with Crippen LogP contribution in [0.3, 0.4) is 0 Å². The molecular weight excluding hydrogens is 162 g/mol. The lowest BCUT2D eigenvalue weighted by Crippen LogP contribution is -1.99. The third-order valence-corrected chi connectivity index (χ3v) is 2.16. The second-order valence-electron chi connectivity index (χ2n) is 3.32. The van der Waals surface area contributed by atoms with Crippen LogP contribution < -0.4 is 0 Å². The third kappa shape index (κ3) is 2.81. The van der Waals surface area contributed by atoms with Crippen LogP contribution in [0.1, 0.15) is 36.7 Å². The number of aromatic nitrogens is 1. The summed E-state index contributed by atoms with van der Waals surface area (Å²) in [5.41, 5.74) is 3.01. The highest BCUT2D eigenvalue weighted by molar-refractivity contribution is 5.22. The molecule has 0 saturated heterocycles. The van der Waals surface area contributed by atoms with Crippen molar-refractivity contribution in [1.29, 1.82) is 0 Å². The van der Waals surface area contributed by atoms with Crippen molar-refractivity contribution in [2.45, 2.75) is 39.7 Å². The Bertz CT molecular complexity index is 271. The molecular formula is C11H17NO. The van der Waals surface area contributed by atoms with Crippen LogP contribution >= 0.6 is 0 Å². The molecule has 0 aliphatic carbocycles. The Labute approximate surface area is 79.6 Å². The Morgan fingerprint density at radius 3 is 2.77 bits per heavy atom. The largest absolute Gasteiger partial charge is 0.390 e. The van der Waals surface area contributed by atoms with Crippen LogP contribution in [0.15, 0.2) is 12.1 Å². The van der Waals surface area contributed by atoms with E-state index >= 15 is 0 Å². The van der Waals surface area contributed by atoms with Crippen LogP contribution in [0.5, 0.6) is 0 Å². The van der Waals surface area contributed by atoms with Crippen molar-refractivity contribution in [2.24, 2.45) is 0 Å². The molecule has 0 spiro atoms. The molecule has 1 heterocycles. The second kappa shape index (κ2) is 4.97. The number of aryl methyl sites for hydroxylation is 2. The minimum atomic E-state index is 0.0563. The molecule has 13 heavy (non-hydrogen) atoms. The molecule has 0 radical (unpaired) electrons. The molecule has 0 aliphatic heterocycles. The van der Waals surface area contributed by atoms with Gasteiger partial charge in [0, 0.05) is 5.69 Å². The number of rotatable bonds is 4. The Balaban J connectivity index is 2.79. The zero-order chi connectivity index (χ0) is 9.68. The number of unbranched alkanes of at least 4 members (excludes halogenated alkanes) is 1. The maximum absolute atomic E-state index is 9.08. The molecule has 0 aromatic carbocycles. The van der Waals surface area contributed by atoms with Crippen LogP contribution in [0.2, 0.25) is 0 Å². The summed E-state index contributed by atoms with van der Waals surface area (Å²) in [6.45, 7) is 4.17. The van der Waals surface area contributed by atoms with Crippen molar-refractivity contribution in [3.63, 3.8) is 0 Å². The van der Waals surface area contributed by atoms with Gasteiger partial charge >= 0.3 is 0 Å². The monoisotopic (exact) mass is 179 g/mol. The number of pyridine rings is 1. The number of hydrogen-bond donors (Lipinski definition) is 1. The van der Waals surface area contributed by atoms with Crippen LogP contribution in [-0.4, -0.2) is 10.1 Å². The first-order valence-electron chi connectivity index (χ1n) is 4.84. The van der Waals surface area contributed by atoms with Gasteiger partial charge in [-0.2, -0.15) is 0 Å². The summed E-state index contributed by atoms with van der Waals surface area (Å²) in [5, 5.41) is 9.08. The highest BCUT2D eigenvalue weighted by atomic mass is 16.3. The molecule has 0 unspecified atom stereocenters. The molecule has 0 bridgehead atoms. The van der Waals surface area contributed by atoms with Gasteiger partial charge in [0.2, 0.25) is 0 Å². The SMILES string of the molecule is CCCCc1ccc(C)nc1CO. The third-order valence-electron chi connectivity index (χ3n) is 2.16. The maximum atomic E-state index is 9.08. The van der Waals surface area contributed by atoms with E-state index in [4.69, 9.17) is 5.11 Å². The summed E-state index contributed by atoms with van der Waals surface area (Å²) in [7, 11) is 0. The predicted molar refractivity (Wildman–Crippen MR) is 53.5 cm³/mol. The highest BCUT2D eigenvalue weighted by Gasteiger charge is 2.02. The summed E-state index contributed by atoms with van der Waals surface area (Å²) >= 11 is 0. The van der Waals surface area contributed by atoms with Gasteiger partial charge in [0.25, 0.3) is 0 Å². The van der Waals surface area contributed by atoms with E-state index in [0.717, 1.165) is 24.2 Å². The fraction of sp³-hybridized carbons (Fsp3) is 0.545. The van der Waals surface area contributed by atoms with Crippen molar-refractivity contribution < 1.29 is 5.11 Å². The summed E-state index contributed by atoms with van der Waals surface area (Å²) < 4.78 is 0. The van der Waals surface area contributed by atoms with Crippen LogP contribution in [0.4, 0.5) is 0 Å². The summed E-state index contributed by atoms with van der Waals surface area (Å²) in [6.07, 6.45) is 3.37. The Hall–Kier alpha value is -0.890. The van der Waals surface area contributed by atoms with Crippen LogP contribution in [-0.2, 0) is 13.0 Å². The van der Waals surface area contributed by atoms with Crippen LogP contribution in [0, 0.1) is 6.92 Å². The predicted octanol–water partition coefficient (Wildman–Crippen LogP) is 2.22. The molecule has 0 aliphatic rings. The van der Waals surface area contributed by atoms with Gasteiger partial charge in [0.1, 0.15) is 0 Å². The average Bonchev–Trinajstić information content (AvgIpc) is 2.16. The van der Waals surface area contributed by atoms with E-state index in [1.807, 2.05) is 13.0 Å². The topological polar surface area (TPSA) is 33.1 Å². The molecule has 0 atom stereocenters. The second-order valence-corrected chi connectivity index (χ2v) is 3.32. The fourth-order valence-electron chi connectivity index (χ4n) is 1.37. The van der Waals surface area contributed by atoms with E-state index in [9.17, 15) is 0 Å². The lowest BCUT2D eigenvalue weighted by atomic mass is 10.1. The standard InChI is InChI=1S/C11H17NO/c1-3-4-5-10-7-6-9(2)12-11(10)8-13/h6-7,13H,3-5,8H2,1-2H3. The summed E-state index contributed by atoms with van der Waals surface area (Å²) in [5.74, 6) is 0. The quantitative estimate of drug-likeness (QED) is 0.768. The minimum Gasteiger partial charge on any atom is -0.390 e. The summed E-state index contributed by atoms with van der Waals surface area (Å²) in [6, 6.07) is 4.08. The van der Waals surface area contributed by atoms with E-state index in [-0.39, 0.29) is 6.61 Å². The number of aliphatic hydroxyl groups is 1. The average molecular weight is 179 g/mol. The van der Waals surface area contributed by atoms with Crippen molar-refractivity contribution in [3.8, 4) is 0 Å². The van der Waals surface area contributed by atoms with Gasteiger partial charge in [-0.25, -0.2) is 0 Å². The van der Waals surface area contributed by atoms with Gasteiger partial charge in [0.05, 0.1) is 12.3 Å². The lowest BCUT2D eigenvalue weighted by Gasteiger charge is -2.06. The van der Waals surface area contributed by atoms with Gasteiger partial charge in [-0.1, -0.05) is 19.4 Å². The van der Waals surface area contributed by atoms with Gasteiger partial charge < -0.3 is 5.11 Å². The maximum Gasteiger partial charge on any atom is 0.0855 e. The van der Waals surface area contributed by atoms with Crippen molar-refractivity contribution >= 4 is 0 Å². The smallest absolute Gasteiger partial charge is 0.0855 e. The fourth-order valence-corrected chi connectivity index (χ4v) is 1.37. The van der Waals surface area contributed by atoms with E-state index in [2.05, 4.69) is 18.0 Å². The highest BCUT2D eigenvalue weighted by Crippen LogP contribution is 2.11. The number of aliphatic hydroxyl groups excluding tert-OH is 1. The first-order valence-corrected chi connectivity index (χ1v) is 4.84. The minimum absolute atomic E-state index is 0.0563. The van der Waals surface area contributed by atoms with Gasteiger partial charge in [-0.05, 0) is 31.4 Å². The molecule has 1 N–H and O–H groups in total. The van der Waals surface area contributed by atoms with E-state index in [0.29, 0.717) is 0 Å². The summed E-state index contributed by atoms with van der Waals surface area (Å²) in [4.78, 5) is 4.29. The zero-order valence-electron chi connectivity index (χ0n) is 8.38. The van der Waals surface area contributed by atoms with Crippen molar-refractivity contribution in [1.82, 2.24) is 4.98 Å². The van der Waals surface area contributed by atoms with Gasteiger partial charge in [-0.3, -0.25) is 4.98 Å². The van der Waals surface area contributed by atoms with Crippen molar-refractivity contribution in [2.75, 3.05) is 0 Å². The molecule has 1 aromatic heterocycles. The van der Waals surface area contributed by atoms with E-state index in [1.54, 1.807) is 0 Å². The number of hydrogen-bond acceptors (Lipinski definition) is 2. The molecule has 0 fully saturated rings. The van der Waals surface area contributed by atoms with Gasteiger partial charge in [-0.15, -0.1) is 0 Å². The normalized spacial score (nSPS) is 10.4. The first-order chi connectivity index (χ1) is 6.27. The Morgan fingerprint density at radius 2 is 2.15 bits per heavy atom. The van der Waals surface area contributed by atoms with E-state index < -0.39 is 0 Å². The molecule has 1 rings (SSSR count). The van der Waals surface area contributed by atoms with Gasteiger partial charge in [0.15, 0.2) is 0 Å². The zero-order valence-corrected chi connectivity index (χ0v) is 8.38. The molecule has 72 valence electrons. The molecule has 0 amide bonds. The van der Waals surface area contributed by atoms with E-state index in [1.165, 1.54) is 12.0 Å². The van der Waals surface area contributed by atoms with Crippen molar-refractivity contribution in [3.05, 3.63) is 29.1 Å². The molecule has 2 heteroatoms. The molecule has 1 aromatic rings. The molecule has 0 saturated carbocycles. The number of nitrogens with zero attached hydrogens (tertiary/aromatic N) is 1. The lowest BCUT2D eigenvalue weighted by molar-refractivity contribution is 0.275. The Kier molecular flexibility index (Phi) is 3.90. The Morgan fingerprint density at radius 1 is 1.38 bits per heavy atom. The van der Waals surface area contributed by atoms with Crippen LogP contribution in [0.25, 0.3) is 0 Å². The first kappa shape index (κ1) is 10.2. The molecule has 2 nitrogen and oxygen atoms in total.